The van der Waals surface area contributed by atoms with Gasteiger partial charge in [-0.05, 0) is 215 Å². The SMILES string of the molecule is CC(C)(C)c1cc(-c2cccc(C#N)c2)c(N2c3cc(-n4c5ccccc5c5ccccc54)ccc3B3c4ccc(-n5c6ccccc6c6ccccc65)cc4N(c4c(-c5cccc(C#N)c5)cc(C(C)(C)C)cc4-c4cccc(-c5ccccc5)c4)c4cc(C(C)(C)C)cc2c43)c(-c2cccc(-c3ccccc3)c2)c1. The molecule has 0 aliphatic carbocycles. The highest BCUT2D eigenvalue weighted by atomic mass is 15.2. The second kappa shape index (κ2) is 26.2. The lowest BCUT2D eigenvalue weighted by Gasteiger charge is -2.47. The van der Waals surface area contributed by atoms with Crippen LogP contribution >= 0.6 is 0 Å². The van der Waals surface area contributed by atoms with Gasteiger partial charge in [-0.25, -0.2) is 0 Å². The highest BCUT2D eigenvalue weighted by Crippen LogP contribution is 2.56. The van der Waals surface area contributed by atoms with E-state index in [2.05, 4.69) is 397 Å². The summed E-state index contributed by atoms with van der Waals surface area (Å²) in [6, 6.07) is 126. The Morgan fingerprint density at radius 1 is 0.261 bits per heavy atom. The van der Waals surface area contributed by atoms with Gasteiger partial charge in [-0.1, -0.05) is 269 Å². The van der Waals surface area contributed by atoms with Crippen LogP contribution in [0, 0.1) is 22.7 Å². The smallest absolute Gasteiger partial charge is 0.252 e. The van der Waals surface area contributed by atoms with Crippen LogP contribution in [0.1, 0.15) is 90.1 Å². The summed E-state index contributed by atoms with van der Waals surface area (Å²) in [5, 5.41) is 26.8. The third-order valence-electron chi connectivity index (χ3n) is 23.1. The molecule has 19 rings (SSSR count). The third kappa shape index (κ3) is 11.4. The first-order valence-electron chi connectivity index (χ1n) is 38.6. The molecule has 2 aromatic heterocycles. The lowest BCUT2D eigenvalue weighted by Crippen LogP contribution is -2.61. The zero-order chi connectivity index (χ0) is 75.8. The molecule has 7 heteroatoms. The maximum Gasteiger partial charge on any atom is 0.252 e. The van der Waals surface area contributed by atoms with Gasteiger partial charge in [0.15, 0.2) is 0 Å². The Morgan fingerprint density at radius 3 is 0.901 bits per heavy atom. The molecule has 0 spiro atoms. The molecule has 0 fully saturated rings. The van der Waals surface area contributed by atoms with Gasteiger partial charge in [0.1, 0.15) is 0 Å². The van der Waals surface area contributed by atoms with Crippen molar-refractivity contribution in [3.63, 3.8) is 0 Å². The summed E-state index contributed by atoms with van der Waals surface area (Å²) in [5.74, 6) is 0. The van der Waals surface area contributed by atoms with Gasteiger partial charge in [0.05, 0.1) is 56.7 Å². The standard InChI is InChI=1S/C104H81BN6/c1-102(2,3)76-56-85(72-36-24-28-66(52-72)64-106)100(87(58-76)74-38-26-34-70(54-74)68-30-12-10-13-31-68)110-95-62-79(108-91-44-20-16-40-81(91)82-41-17-21-45-92(82)108)48-50-89(95)105-90-51-49-80(109-93-46-22-18-42-83(93)84-43-19-23-47-94(84)109)63-96(90)111(98-61-78(104(7,8)9)60-97(110)99(98)105)101-86(73-37-25-29-67(53-73)65-107)57-77(103(4,5)6)59-88(101)75-39-27-35-71(55-75)69-32-14-11-15-33-69/h10-63H,1-9H3. The largest absolute Gasteiger partial charge is 0.310 e. The molecule has 2 aliphatic rings. The lowest BCUT2D eigenvalue weighted by molar-refractivity contribution is 0.590. The van der Waals surface area contributed by atoms with Crippen molar-refractivity contribution in [2.75, 3.05) is 9.80 Å². The lowest BCUT2D eigenvalue weighted by atomic mass is 9.33. The molecule has 0 bridgehead atoms. The molecule has 530 valence electrons. The molecule has 0 saturated carbocycles. The van der Waals surface area contributed by atoms with Gasteiger partial charge >= 0.3 is 0 Å². The van der Waals surface area contributed by atoms with E-state index in [0.717, 1.165) is 167 Å². The number of rotatable bonds is 10. The number of anilines is 6. The third-order valence-corrected chi connectivity index (χ3v) is 23.1. The zero-order valence-electron chi connectivity index (χ0n) is 63.9. The van der Waals surface area contributed by atoms with Crippen molar-refractivity contribution in [3.8, 4) is 90.3 Å². The van der Waals surface area contributed by atoms with E-state index in [0.29, 0.717) is 11.1 Å². The minimum atomic E-state index is -0.436. The average molecular weight is 1430 g/mol. The fraction of sp³-hybridized carbons (Fsp3) is 0.115. The van der Waals surface area contributed by atoms with E-state index in [4.69, 9.17) is 0 Å². The maximum absolute atomic E-state index is 11.0. The normalized spacial score (nSPS) is 12.7. The van der Waals surface area contributed by atoms with Crippen LogP contribution in [0.5, 0.6) is 0 Å². The van der Waals surface area contributed by atoms with E-state index in [9.17, 15) is 10.5 Å². The Hall–Kier alpha value is -13.5. The monoisotopic (exact) mass is 1420 g/mol. The molecule has 17 aromatic rings. The summed E-state index contributed by atoms with van der Waals surface area (Å²) in [7, 11) is 0. The van der Waals surface area contributed by atoms with E-state index in [1.54, 1.807) is 0 Å². The minimum absolute atomic E-state index is 0.320. The minimum Gasteiger partial charge on any atom is -0.310 e. The first kappa shape index (κ1) is 68.1. The Bertz CT molecular complexity index is 6250. The Labute approximate surface area is 650 Å². The molecule has 4 heterocycles. The van der Waals surface area contributed by atoms with Crippen LogP contribution in [0.15, 0.2) is 328 Å². The predicted molar refractivity (Wildman–Crippen MR) is 467 cm³/mol. The first-order valence-corrected chi connectivity index (χ1v) is 38.6. The van der Waals surface area contributed by atoms with Crippen molar-refractivity contribution < 1.29 is 0 Å². The molecule has 15 aromatic carbocycles. The van der Waals surface area contributed by atoms with Crippen LogP contribution in [-0.2, 0) is 16.2 Å². The highest BCUT2D eigenvalue weighted by Gasteiger charge is 2.47. The van der Waals surface area contributed by atoms with Crippen molar-refractivity contribution in [1.29, 1.82) is 10.5 Å². The highest BCUT2D eigenvalue weighted by molar-refractivity contribution is 7.00. The number of para-hydroxylation sites is 4. The predicted octanol–water partition coefficient (Wildman–Crippen LogP) is 25.6. The molecule has 0 N–H and O–H groups in total. The second-order valence-electron chi connectivity index (χ2n) is 33.1. The van der Waals surface area contributed by atoms with Gasteiger partial charge in [-0.3, -0.25) is 0 Å². The topological polar surface area (TPSA) is 63.9 Å². The fourth-order valence-corrected chi connectivity index (χ4v) is 17.6. The van der Waals surface area contributed by atoms with Crippen molar-refractivity contribution in [2.24, 2.45) is 0 Å². The molecular weight excluding hydrogens is 1340 g/mol. The van der Waals surface area contributed by atoms with E-state index < -0.39 is 5.41 Å². The van der Waals surface area contributed by atoms with Crippen LogP contribution in [-0.4, -0.2) is 15.8 Å². The summed E-state index contributed by atoms with van der Waals surface area (Å²) < 4.78 is 4.93. The van der Waals surface area contributed by atoms with E-state index in [-0.39, 0.29) is 17.5 Å². The Kier molecular flexibility index (Phi) is 16.1. The van der Waals surface area contributed by atoms with Gasteiger partial charge in [0.25, 0.3) is 6.71 Å². The number of fused-ring (bicyclic) bond motifs is 10. The molecule has 2 aliphatic heterocycles. The number of aromatic nitrogens is 2. The summed E-state index contributed by atoms with van der Waals surface area (Å²) >= 11 is 0. The fourth-order valence-electron chi connectivity index (χ4n) is 17.6. The van der Waals surface area contributed by atoms with E-state index in [1.165, 1.54) is 21.5 Å². The van der Waals surface area contributed by atoms with Crippen LogP contribution in [0.25, 0.3) is 122 Å². The zero-order valence-corrected chi connectivity index (χ0v) is 63.9. The number of hydrogen-bond donors (Lipinski definition) is 0. The molecule has 0 amide bonds. The first-order chi connectivity index (χ1) is 53.9. The average Bonchev–Trinajstić information content (AvgIpc) is 0.959. The van der Waals surface area contributed by atoms with Gasteiger partial charge in [-0.15, -0.1) is 0 Å². The van der Waals surface area contributed by atoms with Gasteiger partial charge in [-0.2, -0.15) is 10.5 Å². The van der Waals surface area contributed by atoms with E-state index >= 15 is 0 Å². The Morgan fingerprint density at radius 2 is 0.559 bits per heavy atom. The van der Waals surface area contributed by atoms with Crippen LogP contribution < -0.4 is 26.2 Å². The molecule has 111 heavy (non-hydrogen) atoms. The summed E-state index contributed by atoms with van der Waals surface area (Å²) in [6.45, 7) is 20.6. The number of benzene rings is 15. The summed E-state index contributed by atoms with van der Waals surface area (Å²) in [6.07, 6.45) is 0. The molecule has 0 radical (unpaired) electrons. The van der Waals surface area contributed by atoms with Crippen LogP contribution in [0.4, 0.5) is 34.1 Å². The quantitative estimate of drug-likeness (QED) is 0.128. The van der Waals surface area contributed by atoms with E-state index in [1.807, 2.05) is 24.3 Å². The maximum atomic E-state index is 11.0. The molecule has 0 unspecified atom stereocenters. The molecule has 6 nitrogen and oxygen atoms in total. The number of hydrogen-bond acceptors (Lipinski definition) is 4. The van der Waals surface area contributed by atoms with Gasteiger partial charge in [0.2, 0.25) is 0 Å². The summed E-state index contributed by atoms with van der Waals surface area (Å²) in [5.41, 5.74) is 32.3. The van der Waals surface area contributed by atoms with Crippen molar-refractivity contribution in [1.82, 2.24) is 9.13 Å². The van der Waals surface area contributed by atoms with Crippen LogP contribution in [0.3, 0.4) is 0 Å². The second-order valence-corrected chi connectivity index (χ2v) is 33.1. The molecule has 0 saturated heterocycles. The van der Waals surface area contributed by atoms with Crippen LogP contribution in [0.2, 0.25) is 0 Å². The van der Waals surface area contributed by atoms with Gasteiger partial charge in [0, 0.05) is 77.9 Å². The Balaban J connectivity index is 1.01. The molecular formula is C104H81BN6. The van der Waals surface area contributed by atoms with Crippen molar-refractivity contribution in [2.45, 2.75) is 78.6 Å². The van der Waals surface area contributed by atoms with Crippen molar-refractivity contribution >= 4 is 101 Å². The summed E-state index contributed by atoms with van der Waals surface area (Å²) in [4.78, 5) is 5.31. The number of nitriles is 2. The van der Waals surface area contributed by atoms with Crippen molar-refractivity contribution in [3.05, 3.63) is 355 Å². The van der Waals surface area contributed by atoms with Gasteiger partial charge < -0.3 is 18.9 Å². The molecule has 0 atom stereocenters. The number of nitrogens with zero attached hydrogens (tertiary/aromatic N) is 6.